The molecular weight excluding hydrogens is 959 g/mol. The van der Waals surface area contributed by atoms with Crippen LogP contribution in [0.25, 0.3) is 0 Å². The number of methoxy groups -OCH3 is 3. The number of carbonyl (C=O) groups is 6. The molecule has 0 spiro atoms. The lowest BCUT2D eigenvalue weighted by Gasteiger charge is -2.43. The van der Waals surface area contributed by atoms with Crippen LogP contribution in [0.4, 0.5) is 0 Å². The fourth-order valence-corrected chi connectivity index (χ4v) is 10.7. The summed E-state index contributed by atoms with van der Waals surface area (Å²) < 4.78 is 35.3. The quantitative estimate of drug-likeness (QED) is 0.113. The van der Waals surface area contributed by atoms with Crippen LogP contribution in [-0.2, 0) is 57.2 Å². The first-order valence-corrected chi connectivity index (χ1v) is 26.5. The highest BCUT2D eigenvalue weighted by molar-refractivity contribution is 6.39. The van der Waals surface area contributed by atoms with E-state index in [2.05, 4.69) is 0 Å². The molecule has 3 fully saturated rings. The first kappa shape index (κ1) is 62.6. The predicted molar refractivity (Wildman–Crippen MR) is 273 cm³/mol. The molecule has 0 aromatic rings. The molecule has 1 amide bonds. The molecular formula is C56H87NO17. The second-order valence-corrected chi connectivity index (χ2v) is 22.0. The van der Waals surface area contributed by atoms with Crippen LogP contribution in [0, 0.1) is 40.9 Å². The molecule has 18 heteroatoms. The topological polar surface area (TPSA) is 262 Å². The molecule has 0 aromatic carbocycles. The number of aliphatic hydroxyl groups excluding tert-OH is 4. The average Bonchev–Trinajstić information content (AvgIpc) is 3.37. The number of rotatable bonds is 10. The molecule has 4 rings (SSSR count). The lowest BCUT2D eigenvalue weighted by atomic mass is 9.78. The summed E-state index contributed by atoms with van der Waals surface area (Å²) in [5.41, 5.74) is -0.346. The van der Waals surface area contributed by atoms with Gasteiger partial charge < -0.3 is 58.9 Å². The zero-order valence-electron chi connectivity index (χ0n) is 45.6. The Morgan fingerprint density at radius 2 is 1.54 bits per heavy atom. The standard InChI is InChI=1S/C56H87NO17/c1-32-15-13-12-14-16-33(2)45(69-9)27-41-20-17-38(7)56(68,74-41)51(64)52(65)57-29-40(60)19-21-42(57)53(66)72-46(28-43(61)34(3)24-37(6)49(63)50(71-11)48(62)36(5)23-32)35(4)25-39-18-22-44(47(26-39)70-10)73-54(67)55(8,30-58)31-59/h12-16,24,32,34-36,38-42,44-47,49-50,58-60,63,68H,17-23,25-31H2,1-11H3/b14-12+,15-13+,33-16+,37-24+/t32-,34-,35-,36-,38-,39+,40?,41+,42+,44-,45+,46+,47-,49-,50+,56-/m1/s1. The van der Waals surface area contributed by atoms with E-state index in [-0.39, 0.29) is 49.1 Å². The summed E-state index contributed by atoms with van der Waals surface area (Å²) in [6.45, 7) is 12.1. The van der Waals surface area contributed by atoms with Crippen molar-refractivity contribution in [1.29, 1.82) is 0 Å². The summed E-state index contributed by atoms with van der Waals surface area (Å²) in [5, 5.41) is 53.9. The number of allylic oxidation sites excluding steroid dienone is 6. The summed E-state index contributed by atoms with van der Waals surface area (Å²) in [6, 6.07) is -1.38. The smallest absolute Gasteiger partial charge is 0.329 e. The molecule has 5 N–H and O–H groups in total. The summed E-state index contributed by atoms with van der Waals surface area (Å²) in [5.74, 6) is -10.1. The minimum atomic E-state index is -2.56. The first-order valence-electron chi connectivity index (χ1n) is 26.5. The SMILES string of the molecule is CO[C@H]1C[C@@H]2CC[C@@H](C)[C@@](O)(O2)C(=O)C(=O)N2CC(O)CC[C@H]2C(=O)O[C@H]([C@H](C)C[C@@H]2CC[C@@H](OC(=O)C(C)(CO)CO)[C@H](OC)C2)CC(=O)[C@H](C)/C=C(\C)[C@@H](O)[C@@H](OC)C(=O)[C@H](C)C[C@H](C)/C=C/C=C/C=C/1C. The summed E-state index contributed by atoms with van der Waals surface area (Å²) >= 11 is 0. The number of hydrogen-bond donors (Lipinski definition) is 5. The Bertz CT molecular complexity index is 2050. The van der Waals surface area contributed by atoms with Crippen molar-refractivity contribution < 1.29 is 82.7 Å². The third kappa shape index (κ3) is 16.0. The lowest BCUT2D eigenvalue weighted by molar-refractivity contribution is -0.265. The van der Waals surface area contributed by atoms with Gasteiger partial charge in [0, 0.05) is 58.5 Å². The van der Waals surface area contributed by atoms with Crippen LogP contribution < -0.4 is 0 Å². The number of cyclic esters (lactones) is 1. The number of hydrogen-bond acceptors (Lipinski definition) is 17. The molecule has 3 aliphatic heterocycles. The highest BCUT2D eigenvalue weighted by atomic mass is 16.6. The van der Waals surface area contributed by atoms with E-state index in [1.165, 1.54) is 21.1 Å². The maximum absolute atomic E-state index is 14.6. The molecule has 16 atom stereocenters. The van der Waals surface area contributed by atoms with Gasteiger partial charge in [0.15, 0.2) is 5.78 Å². The molecule has 2 bridgehead atoms. The van der Waals surface area contributed by atoms with Gasteiger partial charge in [0.1, 0.15) is 41.7 Å². The van der Waals surface area contributed by atoms with Crippen LogP contribution in [0.15, 0.2) is 47.6 Å². The number of esters is 2. The third-order valence-electron chi connectivity index (χ3n) is 16.0. The van der Waals surface area contributed by atoms with Gasteiger partial charge in [0.2, 0.25) is 5.79 Å². The molecule has 1 unspecified atom stereocenters. The molecule has 18 nitrogen and oxygen atoms in total. The minimum Gasteiger partial charge on any atom is -0.460 e. The van der Waals surface area contributed by atoms with Crippen LogP contribution in [0.2, 0.25) is 0 Å². The Kier molecular flexibility index (Phi) is 24.0. The number of fused-ring (bicyclic) bond motifs is 3. The number of amides is 1. The Hall–Kier alpha value is -3.98. The maximum Gasteiger partial charge on any atom is 0.329 e. The van der Waals surface area contributed by atoms with Crippen molar-refractivity contribution >= 4 is 35.2 Å². The van der Waals surface area contributed by atoms with Gasteiger partial charge in [-0.25, -0.2) is 4.79 Å². The molecule has 1 saturated carbocycles. The molecule has 418 valence electrons. The van der Waals surface area contributed by atoms with Crippen molar-refractivity contribution in [1.82, 2.24) is 4.90 Å². The number of piperidine rings is 1. The number of ether oxygens (including phenoxy) is 6. The average molecular weight is 1050 g/mol. The van der Waals surface area contributed by atoms with Crippen molar-refractivity contribution in [2.75, 3.05) is 41.1 Å². The van der Waals surface area contributed by atoms with Gasteiger partial charge >= 0.3 is 11.9 Å². The first-order chi connectivity index (χ1) is 34.9. The zero-order valence-corrected chi connectivity index (χ0v) is 45.6. The summed E-state index contributed by atoms with van der Waals surface area (Å²) in [6.07, 6.45) is 6.75. The van der Waals surface area contributed by atoms with Gasteiger partial charge in [0.25, 0.3) is 11.7 Å². The van der Waals surface area contributed by atoms with Crippen LogP contribution in [0.3, 0.4) is 0 Å². The summed E-state index contributed by atoms with van der Waals surface area (Å²) in [7, 11) is 4.38. The van der Waals surface area contributed by atoms with E-state index in [1.54, 1.807) is 40.9 Å². The largest absolute Gasteiger partial charge is 0.460 e. The van der Waals surface area contributed by atoms with Gasteiger partial charge in [-0.2, -0.15) is 0 Å². The third-order valence-corrected chi connectivity index (χ3v) is 16.0. The second kappa shape index (κ2) is 28.4. The van der Waals surface area contributed by atoms with E-state index >= 15 is 0 Å². The Morgan fingerprint density at radius 1 is 0.851 bits per heavy atom. The molecule has 4 aliphatic rings. The number of ketones is 3. The Labute approximate surface area is 437 Å². The van der Waals surface area contributed by atoms with E-state index in [1.807, 2.05) is 51.2 Å². The number of Topliss-reactive ketones (excluding diaryl/α,β-unsaturated/α-hetero) is 3. The van der Waals surface area contributed by atoms with E-state index in [4.69, 9.17) is 28.4 Å². The fraction of sp³-hybridized carbons (Fsp3) is 0.750. The molecule has 74 heavy (non-hydrogen) atoms. The zero-order chi connectivity index (χ0) is 55.2. The Balaban J connectivity index is 1.71. The normalized spacial score (nSPS) is 38.1. The van der Waals surface area contributed by atoms with E-state index in [9.17, 15) is 54.3 Å². The van der Waals surface area contributed by atoms with Crippen molar-refractivity contribution in [3.63, 3.8) is 0 Å². The summed E-state index contributed by atoms with van der Waals surface area (Å²) in [4.78, 5) is 85.3. The van der Waals surface area contributed by atoms with Crippen LogP contribution in [0.1, 0.15) is 126 Å². The molecule has 2 saturated heterocycles. The highest BCUT2D eigenvalue weighted by Crippen LogP contribution is 2.38. The fourth-order valence-electron chi connectivity index (χ4n) is 10.7. The van der Waals surface area contributed by atoms with E-state index < -0.39 is 133 Å². The van der Waals surface area contributed by atoms with Crippen LogP contribution >= 0.6 is 0 Å². The maximum atomic E-state index is 14.6. The number of aliphatic hydroxyl groups is 5. The molecule has 0 radical (unpaired) electrons. The molecule has 1 aliphatic carbocycles. The minimum absolute atomic E-state index is 0.0208. The van der Waals surface area contributed by atoms with Gasteiger partial charge in [-0.3, -0.25) is 24.0 Å². The monoisotopic (exact) mass is 1050 g/mol. The Morgan fingerprint density at radius 3 is 2.18 bits per heavy atom. The van der Waals surface area contributed by atoms with Gasteiger partial charge in [-0.1, -0.05) is 71.1 Å². The lowest BCUT2D eigenvalue weighted by Crippen LogP contribution is -2.62. The highest BCUT2D eigenvalue weighted by Gasteiger charge is 2.54. The van der Waals surface area contributed by atoms with Gasteiger partial charge in [-0.15, -0.1) is 0 Å². The van der Waals surface area contributed by atoms with Crippen LogP contribution in [0.5, 0.6) is 0 Å². The number of nitrogens with zero attached hydrogens (tertiary/aromatic N) is 1. The van der Waals surface area contributed by atoms with E-state index in [0.717, 1.165) is 10.5 Å². The van der Waals surface area contributed by atoms with Crippen molar-refractivity contribution in [3.8, 4) is 0 Å². The van der Waals surface area contributed by atoms with Gasteiger partial charge in [-0.05, 0) is 107 Å². The van der Waals surface area contributed by atoms with Crippen molar-refractivity contribution in [2.24, 2.45) is 40.9 Å². The molecule has 3 heterocycles. The second-order valence-electron chi connectivity index (χ2n) is 22.0. The van der Waals surface area contributed by atoms with Gasteiger partial charge in [0.05, 0.1) is 37.6 Å². The van der Waals surface area contributed by atoms with Crippen molar-refractivity contribution in [3.05, 3.63) is 47.6 Å². The van der Waals surface area contributed by atoms with E-state index in [0.29, 0.717) is 50.5 Å². The predicted octanol–water partition coefficient (Wildman–Crippen LogP) is 4.69. The molecule has 0 aromatic heterocycles. The van der Waals surface area contributed by atoms with Crippen LogP contribution in [-0.4, -0.2) is 167 Å². The van der Waals surface area contributed by atoms with Crippen molar-refractivity contribution in [2.45, 2.75) is 187 Å². The number of carbonyl (C=O) groups excluding carboxylic acids is 6.